The average Bonchev–Trinajstić information content (AvgIpc) is 3.30. The Balaban J connectivity index is 1.53. The molecule has 1 aliphatic heterocycles. The summed E-state index contributed by atoms with van der Waals surface area (Å²) < 4.78 is 0. The molecule has 3 heterocycles. The van der Waals surface area contributed by atoms with Gasteiger partial charge >= 0.3 is 0 Å². The van der Waals surface area contributed by atoms with Crippen molar-refractivity contribution in [1.29, 1.82) is 0 Å². The number of carbonyl (C=O) groups excluding carboxylic acids is 2. The number of hydrogen-bond acceptors (Lipinski definition) is 4. The molecule has 160 valence electrons. The molecule has 0 bridgehead atoms. The minimum Gasteiger partial charge on any atom is -0.341 e. The Morgan fingerprint density at radius 1 is 1.10 bits per heavy atom. The van der Waals surface area contributed by atoms with Gasteiger partial charge in [-0.1, -0.05) is 37.3 Å². The predicted molar refractivity (Wildman–Crippen MR) is 124 cm³/mol. The van der Waals surface area contributed by atoms with E-state index in [-0.39, 0.29) is 17.7 Å². The van der Waals surface area contributed by atoms with E-state index < -0.39 is 0 Å². The van der Waals surface area contributed by atoms with Crippen LogP contribution in [0.5, 0.6) is 0 Å². The van der Waals surface area contributed by atoms with Crippen molar-refractivity contribution < 1.29 is 9.59 Å². The highest BCUT2D eigenvalue weighted by Crippen LogP contribution is 2.26. The molecule has 3 aromatic rings. The lowest BCUT2D eigenvalue weighted by Gasteiger charge is -2.24. The zero-order valence-electron chi connectivity index (χ0n) is 17.7. The number of nitrogens with zero attached hydrogens (tertiary/aromatic N) is 3. The van der Waals surface area contributed by atoms with Crippen LogP contribution in [0, 0.1) is 5.92 Å². The molecule has 1 saturated heterocycles. The molecule has 1 unspecified atom stereocenters. The molecule has 1 aliphatic rings. The number of rotatable bonds is 6. The largest absolute Gasteiger partial charge is 0.341 e. The van der Waals surface area contributed by atoms with Gasteiger partial charge < -0.3 is 9.80 Å². The molecule has 1 fully saturated rings. The van der Waals surface area contributed by atoms with Gasteiger partial charge in [0.25, 0.3) is 5.91 Å². The lowest BCUT2D eigenvalue weighted by atomic mass is 9.96. The molecular formula is C25H27N3O2S. The second-order valence-electron chi connectivity index (χ2n) is 7.89. The summed E-state index contributed by atoms with van der Waals surface area (Å²) in [5.74, 6) is -0.131. The number of hydrogen-bond donors (Lipinski definition) is 0. The van der Waals surface area contributed by atoms with Crippen molar-refractivity contribution in [3.8, 4) is 10.4 Å². The monoisotopic (exact) mass is 433 g/mol. The van der Waals surface area contributed by atoms with Gasteiger partial charge in [-0.3, -0.25) is 14.6 Å². The Bertz CT molecular complexity index is 1000. The highest BCUT2D eigenvalue weighted by atomic mass is 32.1. The summed E-state index contributed by atoms with van der Waals surface area (Å²) in [6.45, 7) is 4.38. The molecule has 6 heteroatoms. The van der Waals surface area contributed by atoms with E-state index in [1.807, 2.05) is 9.80 Å². The first-order valence-electron chi connectivity index (χ1n) is 10.8. The molecule has 31 heavy (non-hydrogen) atoms. The number of benzene rings is 1. The van der Waals surface area contributed by atoms with Crippen LogP contribution in [-0.4, -0.2) is 52.8 Å². The first-order chi connectivity index (χ1) is 15.2. The van der Waals surface area contributed by atoms with E-state index in [0.717, 1.165) is 18.5 Å². The number of amides is 2. The van der Waals surface area contributed by atoms with Crippen molar-refractivity contribution in [1.82, 2.24) is 14.8 Å². The smallest absolute Gasteiger partial charge is 0.254 e. The van der Waals surface area contributed by atoms with E-state index >= 15 is 0 Å². The van der Waals surface area contributed by atoms with Crippen LogP contribution in [0.15, 0.2) is 66.3 Å². The normalized spacial score (nSPS) is 16.9. The van der Waals surface area contributed by atoms with Crippen LogP contribution in [0.2, 0.25) is 0 Å². The molecule has 2 amide bonds. The van der Waals surface area contributed by atoms with Crippen molar-refractivity contribution in [3.05, 3.63) is 77.4 Å². The van der Waals surface area contributed by atoms with Crippen LogP contribution in [0.25, 0.3) is 10.4 Å². The number of pyridine rings is 1. The number of carbonyl (C=O) groups is 2. The van der Waals surface area contributed by atoms with Gasteiger partial charge in [0.15, 0.2) is 0 Å². The Morgan fingerprint density at radius 2 is 1.87 bits per heavy atom. The summed E-state index contributed by atoms with van der Waals surface area (Å²) in [5, 5.41) is 2.07. The van der Waals surface area contributed by atoms with Gasteiger partial charge in [-0.15, -0.1) is 11.3 Å². The lowest BCUT2D eigenvalue weighted by molar-refractivity contribution is -0.134. The van der Waals surface area contributed by atoms with Crippen LogP contribution >= 0.6 is 11.3 Å². The Hall–Kier alpha value is -2.99. The third-order valence-electron chi connectivity index (χ3n) is 5.69. The number of aromatic nitrogens is 1. The topological polar surface area (TPSA) is 53.5 Å². The molecule has 1 atom stereocenters. The molecule has 0 saturated carbocycles. The fourth-order valence-electron chi connectivity index (χ4n) is 4.08. The zero-order valence-corrected chi connectivity index (χ0v) is 18.6. The third kappa shape index (κ3) is 5.02. The van der Waals surface area contributed by atoms with E-state index in [0.29, 0.717) is 31.6 Å². The lowest BCUT2D eigenvalue weighted by Crippen LogP contribution is -2.38. The highest BCUT2D eigenvalue weighted by Gasteiger charge is 2.32. The quantitative estimate of drug-likeness (QED) is 0.580. The second kappa shape index (κ2) is 9.88. The molecule has 0 N–H and O–H groups in total. The van der Waals surface area contributed by atoms with E-state index in [9.17, 15) is 9.59 Å². The summed E-state index contributed by atoms with van der Waals surface area (Å²) in [7, 11) is 0. The van der Waals surface area contributed by atoms with E-state index in [2.05, 4.69) is 53.7 Å². The second-order valence-corrected chi connectivity index (χ2v) is 8.84. The maximum absolute atomic E-state index is 13.3. The maximum Gasteiger partial charge on any atom is 0.254 e. The molecular weight excluding hydrogens is 406 g/mol. The first kappa shape index (κ1) is 21.2. The van der Waals surface area contributed by atoms with Crippen molar-refractivity contribution in [2.24, 2.45) is 5.92 Å². The van der Waals surface area contributed by atoms with Crippen LogP contribution in [0.1, 0.15) is 29.3 Å². The fraction of sp³-hybridized carbons (Fsp3) is 0.320. The van der Waals surface area contributed by atoms with Gasteiger partial charge in [-0.2, -0.15) is 0 Å². The standard InChI is InChI=1S/C25H27N3O2S/c1-2-13-27-14-15-28(24(29)21-9-11-26-12-10-21)18-22(25(27)30)17-19-5-7-20(8-6-19)23-4-3-16-31-23/h3-12,16,22H,2,13-15,17-18H2,1H3. The van der Waals surface area contributed by atoms with Gasteiger partial charge in [-0.05, 0) is 47.5 Å². The van der Waals surface area contributed by atoms with E-state index in [1.165, 1.54) is 10.4 Å². The molecule has 0 radical (unpaired) electrons. The van der Waals surface area contributed by atoms with Gasteiger partial charge in [0.2, 0.25) is 5.91 Å². The van der Waals surface area contributed by atoms with Gasteiger partial charge in [0.1, 0.15) is 0 Å². The SMILES string of the molecule is CCCN1CCN(C(=O)c2ccncc2)CC(Cc2ccc(-c3cccs3)cc2)C1=O. The van der Waals surface area contributed by atoms with Crippen molar-refractivity contribution in [2.75, 3.05) is 26.2 Å². The molecule has 2 aromatic heterocycles. The third-order valence-corrected chi connectivity index (χ3v) is 6.61. The summed E-state index contributed by atoms with van der Waals surface area (Å²) in [4.78, 5) is 35.3. The van der Waals surface area contributed by atoms with Crippen LogP contribution in [0.4, 0.5) is 0 Å². The van der Waals surface area contributed by atoms with E-state index in [4.69, 9.17) is 0 Å². The molecule has 0 spiro atoms. The Labute approximate surface area is 187 Å². The maximum atomic E-state index is 13.3. The Morgan fingerprint density at radius 3 is 2.55 bits per heavy atom. The predicted octanol–water partition coefficient (Wildman–Crippen LogP) is 4.36. The average molecular weight is 434 g/mol. The summed E-state index contributed by atoms with van der Waals surface area (Å²) in [6.07, 6.45) is 4.80. The van der Waals surface area contributed by atoms with Crippen molar-refractivity contribution in [2.45, 2.75) is 19.8 Å². The summed E-state index contributed by atoms with van der Waals surface area (Å²) in [6, 6.07) is 16.1. The molecule has 0 aliphatic carbocycles. The zero-order chi connectivity index (χ0) is 21.6. The van der Waals surface area contributed by atoms with Gasteiger partial charge in [0, 0.05) is 49.0 Å². The molecule has 4 rings (SSSR count). The van der Waals surface area contributed by atoms with Crippen LogP contribution in [0.3, 0.4) is 0 Å². The van der Waals surface area contributed by atoms with Crippen LogP contribution in [-0.2, 0) is 11.2 Å². The fourth-order valence-corrected chi connectivity index (χ4v) is 4.82. The minimum atomic E-state index is -0.243. The van der Waals surface area contributed by atoms with Crippen molar-refractivity contribution >= 4 is 23.2 Å². The van der Waals surface area contributed by atoms with Gasteiger partial charge in [-0.25, -0.2) is 0 Å². The molecule has 5 nitrogen and oxygen atoms in total. The van der Waals surface area contributed by atoms with Crippen molar-refractivity contribution in [3.63, 3.8) is 0 Å². The van der Waals surface area contributed by atoms with Crippen LogP contribution < -0.4 is 0 Å². The summed E-state index contributed by atoms with van der Waals surface area (Å²) in [5.41, 5.74) is 2.92. The minimum absolute atomic E-state index is 0.0356. The number of thiophene rings is 1. The van der Waals surface area contributed by atoms with Gasteiger partial charge in [0.05, 0.1) is 5.92 Å². The Kier molecular flexibility index (Phi) is 6.77. The summed E-state index contributed by atoms with van der Waals surface area (Å²) >= 11 is 1.72. The van der Waals surface area contributed by atoms with E-state index in [1.54, 1.807) is 35.9 Å². The molecule has 1 aromatic carbocycles. The first-order valence-corrected chi connectivity index (χ1v) is 11.6. The highest BCUT2D eigenvalue weighted by molar-refractivity contribution is 7.13.